The number of hydrogen-bond acceptors (Lipinski definition) is 7. The van der Waals surface area contributed by atoms with E-state index in [1.165, 1.54) is 18.2 Å². The Labute approximate surface area is 164 Å². The van der Waals surface area contributed by atoms with Crippen LogP contribution in [0.15, 0.2) is 48.5 Å². The van der Waals surface area contributed by atoms with E-state index in [9.17, 15) is 19.7 Å². The fraction of sp³-hybridized carbons (Fsp3) is 0.222. The van der Waals surface area contributed by atoms with Crippen LogP contribution >= 0.6 is 23.5 Å². The highest BCUT2D eigenvalue weighted by Crippen LogP contribution is 2.45. The first-order valence-corrected chi connectivity index (χ1v) is 10.2. The number of hydrogen-bond donors (Lipinski definition) is 1. The number of para-hydroxylation sites is 2. The van der Waals surface area contributed by atoms with E-state index in [2.05, 4.69) is 5.32 Å². The fourth-order valence-corrected chi connectivity index (χ4v) is 5.33. The van der Waals surface area contributed by atoms with Gasteiger partial charge in [0.25, 0.3) is 11.6 Å². The normalized spacial score (nSPS) is 13.9. The second kappa shape index (κ2) is 8.92. The van der Waals surface area contributed by atoms with Crippen LogP contribution < -0.4 is 5.32 Å². The molecule has 0 bridgehead atoms. The minimum absolute atomic E-state index is 0.0551. The summed E-state index contributed by atoms with van der Waals surface area (Å²) >= 11 is 3.75. The number of nitro benzene ring substituents is 1. The summed E-state index contributed by atoms with van der Waals surface area (Å²) in [5.74, 6) is 0.973. The van der Waals surface area contributed by atoms with E-state index in [4.69, 9.17) is 4.74 Å². The van der Waals surface area contributed by atoms with Crippen molar-refractivity contribution in [3.05, 3.63) is 69.8 Å². The SMILES string of the molecule is O=C(COC(=O)c1ccc(C2SCCS2)cc1)Nc1ccccc1[N+](=O)[O-]. The number of rotatable bonds is 6. The molecular formula is C18H16N2O5S2. The lowest BCUT2D eigenvalue weighted by Gasteiger charge is -2.09. The molecule has 1 aliphatic rings. The van der Waals surface area contributed by atoms with Crippen molar-refractivity contribution < 1.29 is 19.2 Å². The number of carbonyl (C=O) groups is 2. The van der Waals surface area contributed by atoms with Gasteiger partial charge in [0.2, 0.25) is 0 Å². The third-order valence-corrected chi connectivity index (χ3v) is 6.85. The monoisotopic (exact) mass is 404 g/mol. The summed E-state index contributed by atoms with van der Waals surface area (Å²) in [5, 5.41) is 13.3. The second-order valence-corrected chi connectivity index (χ2v) is 8.32. The molecule has 0 radical (unpaired) electrons. The highest BCUT2D eigenvalue weighted by atomic mass is 32.2. The standard InChI is InChI=1S/C18H16N2O5S2/c21-16(19-14-3-1-2-4-15(14)20(23)24)11-25-17(22)12-5-7-13(8-6-12)18-26-9-10-27-18/h1-8,18H,9-11H2,(H,19,21). The molecule has 0 aliphatic carbocycles. The van der Waals surface area contributed by atoms with Crippen molar-refractivity contribution in [2.75, 3.05) is 23.4 Å². The van der Waals surface area contributed by atoms with E-state index in [-0.39, 0.29) is 11.4 Å². The van der Waals surface area contributed by atoms with Crippen molar-refractivity contribution in [2.45, 2.75) is 4.58 Å². The van der Waals surface area contributed by atoms with Crippen LogP contribution in [0, 0.1) is 10.1 Å². The lowest BCUT2D eigenvalue weighted by Crippen LogP contribution is -2.21. The number of thioether (sulfide) groups is 2. The number of carbonyl (C=O) groups excluding carboxylic acids is 2. The summed E-state index contributed by atoms with van der Waals surface area (Å²) in [7, 11) is 0. The Morgan fingerprint density at radius 3 is 2.44 bits per heavy atom. The topological polar surface area (TPSA) is 98.5 Å². The summed E-state index contributed by atoms with van der Waals surface area (Å²) in [5.41, 5.74) is 1.33. The fourth-order valence-electron chi connectivity index (χ4n) is 2.47. The molecule has 140 valence electrons. The number of nitro groups is 1. The van der Waals surface area contributed by atoms with Gasteiger partial charge in [-0.3, -0.25) is 14.9 Å². The number of ether oxygens (including phenoxy) is 1. The van der Waals surface area contributed by atoms with Gasteiger partial charge in [-0.1, -0.05) is 24.3 Å². The number of benzene rings is 2. The molecule has 1 saturated heterocycles. The minimum Gasteiger partial charge on any atom is -0.452 e. The molecule has 0 atom stereocenters. The average molecular weight is 404 g/mol. The number of esters is 1. The van der Waals surface area contributed by atoms with E-state index in [1.807, 2.05) is 35.7 Å². The molecule has 0 unspecified atom stereocenters. The Hall–Kier alpha value is -2.52. The van der Waals surface area contributed by atoms with Crippen LogP contribution in [0.1, 0.15) is 20.5 Å². The van der Waals surface area contributed by atoms with Crippen molar-refractivity contribution in [3.8, 4) is 0 Å². The summed E-state index contributed by atoms with van der Waals surface area (Å²) in [6.45, 7) is -0.527. The molecule has 1 aliphatic heterocycles. The molecule has 2 aromatic rings. The lowest BCUT2D eigenvalue weighted by molar-refractivity contribution is -0.383. The average Bonchev–Trinajstić information content (AvgIpc) is 3.21. The van der Waals surface area contributed by atoms with Crippen LogP contribution in [-0.2, 0) is 9.53 Å². The molecule has 27 heavy (non-hydrogen) atoms. The molecule has 2 aromatic carbocycles. The number of anilines is 1. The lowest BCUT2D eigenvalue weighted by atomic mass is 10.1. The zero-order valence-corrected chi connectivity index (χ0v) is 15.8. The van der Waals surface area contributed by atoms with E-state index in [0.717, 1.165) is 17.1 Å². The van der Waals surface area contributed by atoms with Gasteiger partial charge in [0, 0.05) is 17.6 Å². The summed E-state index contributed by atoms with van der Waals surface area (Å²) in [6.07, 6.45) is 0. The van der Waals surface area contributed by atoms with Gasteiger partial charge in [-0.05, 0) is 23.8 Å². The third kappa shape index (κ3) is 5.01. The van der Waals surface area contributed by atoms with Crippen LogP contribution in [0.4, 0.5) is 11.4 Å². The van der Waals surface area contributed by atoms with Gasteiger partial charge in [0.05, 0.1) is 15.1 Å². The first kappa shape index (κ1) is 19.2. The van der Waals surface area contributed by atoms with E-state index >= 15 is 0 Å². The second-order valence-electron chi connectivity index (χ2n) is 5.59. The predicted molar refractivity (Wildman–Crippen MR) is 106 cm³/mol. The zero-order chi connectivity index (χ0) is 19.2. The molecule has 7 nitrogen and oxygen atoms in total. The Morgan fingerprint density at radius 1 is 1.11 bits per heavy atom. The summed E-state index contributed by atoms with van der Waals surface area (Å²) in [6, 6.07) is 12.9. The minimum atomic E-state index is -0.645. The maximum atomic E-state index is 12.1. The van der Waals surface area contributed by atoms with Crippen LogP contribution in [0.3, 0.4) is 0 Å². The number of nitrogens with one attached hydrogen (secondary N) is 1. The Balaban J connectivity index is 1.54. The molecule has 3 rings (SSSR count). The third-order valence-electron chi connectivity index (χ3n) is 3.75. The molecular weight excluding hydrogens is 388 g/mol. The van der Waals surface area contributed by atoms with Gasteiger partial charge in [-0.2, -0.15) is 0 Å². The molecule has 0 aromatic heterocycles. The van der Waals surface area contributed by atoms with Crippen molar-refractivity contribution >= 4 is 46.8 Å². The van der Waals surface area contributed by atoms with E-state index in [0.29, 0.717) is 10.1 Å². The zero-order valence-electron chi connectivity index (χ0n) is 14.1. The van der Waals surface area contributed by atoms with Gasteiger partial charge in [0.15, 0.2) is 6.61 Å². The highest BCUT2D eigenvalue weighted by Gasteiger charge is 2.19. The molecule has 9 heteroatoms. The first-order valence-electron chi connectivity index (χ1n) is 8.08. The van der Waals surface area contributed by atoms with Crippen molar-refractivity contribution in [1.82, 2.24) is 0 Å². The van der Waals surface area contributed by atoms with Gasteiger partial charge in [-0.15, -0.1) is 23.5 Å². The number of nitrogens with zero attached hydrogens (tertiary/aromatic N) is 1. The van der Waals surface area contributed by atoms with E-state index < -0.39 is 23.4 Å². The van der Waals surface area contributed by atoms with Crippen molar-refractivity contribution in [1.29, 1.82) is 0 Å². The van der Waals surface area contributed by atoms with Crippen molar-refractivity contribution in [3.63, 3.8) is 0 Å². The van der Waals surface area contributed by atoms with Gasteiger partial charge in [0.1, 0.15) is 5.69 Å². The quantitative estimate of drug-likeness (QED) is 0.443. The van der Waals surface area contributed by atoms with Gasteiger partial charge < -0.3 is 10.1 Å². The first-order chi connectivity index (χ1) is 13.0. The Bertz CT molecular complexity index is 851. The van der Waals surface area contributed by atoms with Crippen molar-refractivity contribution in [2.24, 2.45) is 0 Å². The summed E-state index contributed by atoms with van der Waals surface area (Å²) < 4.78 is 5.39. The molecule has 1 heterocycles. The van der Waals surface area contributed by atoms with Crippen LogP contribution in [0.25, 0.3) is 0 Å². The largest absolute Gasteiger partial charge is 0.452 e. The van der Waals surface area contributed by atoms with Crippen LogP contribution in [0.5, 0.6) is 0 Å². The van der Waals surface area contributed by atoms with Gasteiger partial charge >= 0.3 is 5.97 Å². The maximum Gasteiger partial charge on any atom is 0.338 e. The number of amides is 1. The van der Waals surface area contributed by atoms with Crippen LogP contribution in [0.2, 0.25) is 0 Å². The maximum absolute atomic E-state index is 12.1. The molecule has 1 N–H and O–H groups in total. The van der Waals surface area contributed by atoms with E-state index in [1.54, 1.807) is 18.2 Å². The Kier molecular flexibility index (Phi) is 6.36. The Morgan fingerprint density at radius 2 is 1.78 bits per heavy atom. The molecule has 0 spiro atoms. The van der Waals surface area contributed by atoms with Gasteiger partial charge in [-0.25, -0.2) is 4.79 Å². The molecule has 1 fully saturated rings. The molecule has 0 saturated carbocycles. The summed E-state index contributed by atoms with van der Waals surface area (Å²) in [4.78, 5) is 34.4. The molecule has 1 amide bonds. The van der Waals surface area contributed by atoms with Crippen LogP contribution in [-0.4, -0.2) is 34.9 Å². The highest BCUT2D eigenvalue weighted by molar-refractivity contribution is 8.19. The smallest absolute Gasteiger partial charge is 0.338 e. The predicted octanol–water partition coefficient (Wildman–Crippen LogP) is 3.87.